The number of sulfonamides is 1. The molecule has 1 aromatic heterocycles. The second-order valence-electron chi connectivity index (χ2n) is 6.47. The first-order chi connectivity index (χ1) is 11.8. The van der Waals surface area contributed by atoms with Gasteiger partial charge in [-0.2, -0.15) is 0 Å². The van der Waals surface area contributed by atoms with Crippen LogP contribution in [0.1, 0.15) is 39.9 Å². The van der Waals surface area contributed by atoms with Gasteiger partial charge in [-0.1, -0.05) is 0 Å². The lowest BCUT2D eigenvalue weighted by Gasteiger charge is -2.11. The van der Waals surface area contributed by atoms with Gasteiger partial charge in [0.15, 0.2) is 0 Å². The van der Waals surface area contributed by atoms with Gasteiger partial charge in [-0.3, -0.25) is 9.52 Å². The number of anilines is 2. The van der Waals surface area contributed by atoms with Crippen LogP contribution in [-0.2, 0) is 10.0 Å². The lowest BCUT2D eigenvalue weighted by Crippen LogP contribution is -2.19. The zero-order valence-electron chi connectivity index (χ0n) is 14.5. The first-order valence-corrected chi connectivity index (χ1v) is 9.68. The van der Waals surface area contributed by atoms with E-state index in [1.54, 1.807) is 6.07 Å². The highest BCUT2D eigenvalue weighted by atomic mass is 32.2. The van der Waals surface area contributed by atoms with Crippen molar-refractivity contribution in [3.8, 4) is 0 Å². The Balaban J connectivity index is 1.77. The summed E-state index contributed by atoms with van der Waals surface area (Å²) in [4.78, 5) is 16.5. The van der Waals surface area contributed by atoms with E-state index in [1.165, 1.54) is 17.8 Å². The second kappa shape index (κ2) is 6.48. The molecule has 1 heterocycles. The van der Waals surface area contributed by atoms with E-state index in [0.29, 0.717) is 24.1 Å². The third kappa shape index (κ3) is 3.99. The van der Waals surface area contributed by atoms with Gasteiger partial charge < -0.3 is 5.32 Å². The summed E-state index contributed by atoms with van der Waals surface area (Å²) in [6.45, 7) is 6.03. The third-order valence-electron chi connectivity index (χ3n) is 4.42. The predicted octanol–water partition coefficient (Wildman–Crippen LogP) is 3.16. The summed E-state index contributed by atoms with van der Waals surface area (Å²) in [5, 5.41) is 2.51. The molecular formula is C18H21N3O3S. The molecule has 25 heavy (non-hydrogen) atoms. The second-order valence-corrected chi connectivity index (χ2v) is 8.43. The SMILES string of the molecule is Cc1cc(NC(=O)c2ccnc(NS(=O)(=O)C3CC3)c2)cc(C)c1C. The number of carbonyl (C=O) groups excluding carboxylic acids is 1. The summed E-state index contributed by atoms with van der Waals surface area (Å²) in [5.41, 5.74) is 4.45. The molecule has 1 saturated carbocycles. The molecule has 0 aliphatic heterocycles. The zero-order chi connectivity index (χ0) is 18.2. The van der Waals surface area contributed by atoms with Gasteiger partial charge in [0.1, 0.15) is 5.82 Å². The minimum atomic E-state index is -3.40. The Morgan fingerprint density at radius 2 is 1.76 bits per heavy atom. The summed E-state index contributed by atoms with van der Waals surface area (Å²) in [5.74, 6) is -0.146. The molecule has 2 N–H and O–H groups in total. The zero-order valence-corrected chi connectivity index (χ0v) is 15.3. The van der Waals surface area contributed by atoms with Crippen molar-refractivity contribution in [1.29, 1.82) is 0 Å². The summed E-state index contributed by atoms with van der Waals surface area (Å²) >= 11 is 0. The van der Waals surface area contributed by atoms with Crippen molar-refractivity contribution in [2.24, 2.45) is 0 Å². The van der Waals surface area contributed by atoms with Gasteiger partial charge in [-0.15, -0.1) is 0 Å². The van der Waals surface area contributed by atoms with E-state index < -0.39 is 10.0 Å². The van der Waals surface area contributed by atoms with Crippen molar-refractivity contribution < 1.29 is 13.2 Å². The summed E-state index contributed by atoms with van der Waals surface area (Å²) in [7, 11) is -3.40. The first kappa shape index (κ1) is 17.4. The quantitative estimate of drug-likeness (QED) is 0.858. The fourth-order valence-electron chi connectivity index (χ4n) is 2.55. The van der Waals surface area contributed by atoms with E-state index >= 15 is 0 Å². The van der Waals surface area contributed by atoms with Crippen LogP contribution in [0.25, 0.3) is 0 Å². The number of aromatic nitrogens is 1. The van der Waals surface area contributed by atoms with Crippen LogP contribution in [0.5, 0.6) is 0 Å². The monoisotopic (exact) mass is 359 g/mol. The minimum Gasteiger partial charge on any atom is -0.322 e. The van der Waals surface area contributed by atoms with Crippen LogP contribution in [0.2, 0.25) is 0 Å². The molecule has 1 fully saturated rings. The molecule has 1 aliphatic rings. The van der Waals surface area contributed by atoms with Crippen molar-refractivity contribution in [3.63, 3.8) is 0 Å². The highest BCUT2D eigenvalue weighted by molar-refractivity contribution is 7.93. The molecule has 0 bridgehead atoms. The number of benzene rings is 1. The Morgan fingerprint density at radius 1 is 1.12 bits per heavy atom. The van der Waals surface area contributed by atoms with E-state index in [-0.39, 0.29) is 17.0 Å². The van der Waals surface area contributed by atoms with E-state index in [9.17, 15) is 13.2 Å². The highest BCUT2D eigenvalue weighted by Gasteiger charge is 2.36. The molecule has 1 aliphatic carbocycles. The number of nitrogens with one attached hydrogen (secondary N) is 2. The fraction of sp³-hybridized carbons (Fsp3) is 0.333. The van der Waals surface area contributed by atoms with Crippen LogP contribution in [-0.4, -0.2) is 24.6 Å². The molecule has 0 radical (unpaired) electrons. The molecule has 0 atom stereocenters. The van der Waals surface area contributed by atoms with Crippen molar-refractivity contribution in [1.82, 2.24) is 4.98 Å². The number of nitrogens with zero attached hydrogens (tertiary/aromatic N) is 1. The number of carbonyl (C=O) groups is 1. The first-order valence-electron chi connectivity index (χ1n) is 8.13. The lowest BCUT2D eigenvalue weighted by molar-refractivity contribution is 0.102. The van der Waals surface area contributed by atoms with Crippen molar-refractivity contribution in [2.45, 2.75) is 38.9 Å². The number of hydrogen-bond donors (Lipinski definition) is 2. The van der Waals surface area contributed by atoms with Crippen LogP contribution in [0.3, 0.4) is 0 Å². The standard InChI is InChI=1S/C18H21N3O3S/c1-11-8-15(9-12(2)13(11)3)20-18(22)14-6-7-19-17(10-14)21-25(23,24)16-4-5-16/h6-10,16H,4-5H2,1-3H3,(H,19,21)(H,20,22). The molecule has 132 valence electrons. The maximum Gasteiger partial charge on any atom is 0.255 e. The Bertz CT molecular complexity index is 911. The molecule has 3 rings (SSSR count). The molecular weight excluding hydrogens is 338 g/mol. The van der Waals surface area contributed by atoms with Crippen LogP contribution in [0, 0.1) is 20.8 Å². The maximum atomic E-state index is 12.5. The van der Waals surface area contributed by atoms with Crippen molar-refractivity contribution in [2.75, 3.05) is 10.0 Å². The largest absolute Gasteiger partial charge is 0.322 e. The maximum absolute atomic E-state index is 12.5. The van der Waals surface area contributed by atoms with E-state index in [0.717, 1.165) is 11.1 Å². The average molecular weight is 359 g/mol. The molecule has 1 aromatic carbocycles. The fourth-order valence-corrected chi connectivity index (χ4v) is 3.87. The molecule has 1 amide bonds. The normalized spacial score (nSPS) is 14.2. The van der Waals surface area contributed by atoms with Gasteiger partial charge in [0.25, 0.3) is 5.91 Å². The average Bonchev–Trinajstić information content (AvgIpc) is 3.37. The minimum absolute atomic E-state index is 0.163. The van der Waals surface area contributed by atoms with Crippen molar-refractivity contribution >= 4 is 27.4 Å². The van der Waals surface area contributed by atoms with Crippen LogP contribution in [0.4, 0.5) is 11.5 Å². The van der Waals surface area contributed by atoms with Crippen molar-refractivity contribution in [3.05, 3.63) is 52.7 Å². The van der Waals surface area contributed by atoms with Gasteiger partial charge in [-0.05, 0) is 74.6 Å². The topological polar surface area (TPSA) is 88.2 Å². The molecule has 7 heteroatoms. The molecule has 6 nitrogen and oxygen atoms in total. The number of rotatable bonds is 5. The van der Waals surface area contributed by atoms with Gasteiger partial charge in [0.05, 0.1) is 5.25 Å². The highest BCUT2D eigenvalue weighted by Crippen LogP contribution is 2.29. The lowest BCUT2D eigenvalue weighted by atomic mass is 10.0. The number of hydrogen-bond acceptors (Lipinski definition) is 4. The Hall–Kier alpha value is -2.41. The van der Waals surface area contributed by atoms with Crippen LogP contribution in [0.15, 0.2) is 30.5 Å². The molecule has 2 aromatic rings. The molecule has 0 spiro atoms. The van der Waals surface area contributed by atoms with Gasteiger partial charge in [0.2, 0.25) is 10.0 Å². The third-order valence-corrected chi connectivity index (χ3v) is 6.26. The molecule has 0 saturated heterocycles. The van der Waals surface area contributed by atoms with Crippen LogP contribution >= 0.6 is 0 Å². The van der Waals surface area contributed by atoms with E-state index in [4.69, 9.17) is 0 Å². The van der Waals surface area contributed by atoms with Crippen LogP contribution < -0.4 is 10.0 Å². The summed E-state index contributed by atoms with van der Waals surface area (Å²) < 4.78 is 26.4. The summed E-state index contributed by atoms with van der Waals surface area (Å²) in [6, 6.07) is 6.83. The number of aryl methyl sites for hydroxylation is 2. The Labute approximate surface area is 147 Å². The van der Waals surface area contributed by atoms with E-state index in [1.807, 2.05) is 32.9 Å². The number of pyridine rings is 1. The predicted molar refractivity (Wildman–Crippen MR) is 98.4 cm³/mol. The Kier molecular flexibility index (Phi) is 4.51. The van der Waals surface area contributed by atoms with Gasteiger partial charge >= 0.3 is 0 Å². The molecule has 0 unspecified atom stereocenters. The smallest absolute Gasteiger partial charge is 0.255 e. The van der Waals surface area contributed by atoms with Gasteiger partial charge in [0, 0.05) is 17.4 Å². The Morgan fingerprint density at radius 3 is 2.36 bits per heavy atom. The number of amides is 1. The summed E-state index contributed by atoms with van der Waals surface area (Å²) in [6.07, 6.45) is 2.76. The van der Waals surface area contributed by atoms with Gasteiger partial charge in [-0.25, -0.2) is 13.4 Å². The van der Waals surface area contributed by atoms with E-state index in [2.05, 4.69) is 15.0 Å².